The number of aryl methyl sites for hydroxylation is 2. The van der Waals surface area contributed by atoms with Gasteiger partial charge in [0.25, 0.3) is 5.91 Å². The Morgan fingerprint density at radius 3 is 2.38 bits per heavy atom. The molecule has 1 aromatic heterocycles. The zero-order valence-electron chi connectivity index (χ0n) is 12.0. The molecule has 2 aromatic rings. The van der Waals surface area contributed by atoms with Crippen LogP contribution in [0.15, 0.2) is 34.9 Å². The molecule has 110 valence electrons. The van der Waals surface area contributed by atoms with E-state index in [1.54, 1.807) is 0 Å². The van der Waals surface area contributed by atoms with Gasteiger partial charge in [-0.1, -0.05) is 29.3 Å². The van der Waals surface area contributed by atoms with E-state index in [0.717, 1.165) is 11.8 Å². The van der Waals surface area contributed by atoms with Gasteiger partial charge in [-0.25, -0.2) is 4.79 Å². The number of carboxylic acids is 1. The predicted molar refractivity (Wildman–Crippen MR) is 77.6 cm³/mol. The number of carboxylic acid groups (broad SMARTS) is 1. The maximum Gasteiger partial charge on any atom is 0.338 e. The second kappa shape index (κ2) is 6.26. The molecule has 2 rings (SSSR count). The third-order valence-corrected chi connectivity index (χ3v) is 3.05. The van der Waals surface area contributed by atoms with Gasteiger partial charge in [-0.2, -0.15) is 0 Å². The number of hydrogen-bond acceptors (Lipinski definition) is 3. The lowest BCUT2D eigenvalue weighted by Crippen LogP contribution is -2.25. The van der Waals surface area contributed by atoms with Crippen molar-refractivity contribution in [2.45, 2.75) is 20.3 Å². The van der Waals surface area contributed by atoms with Crippen LogP contribution in [0.2, 0.25) is 0 Å². The Labute approximate surface area is 122 Å². The summed E-state index contributed by atoms with van der Waals surface area (Å²) in [5.41, 5.74) is 3.50. The Hall–Kier alpha value is -2.56. The number of benzene rings is 1. The minimum Gasteiger partial charge on any atom is -0.478 e. The van der Waals surface area contributed by atoms with Crippen LogP contribution in [0.25, 0.3) is 0 Å². The standard InChI is InChI=1S/C16H17NO4/c1-10-5-11(2)7-12(6-10)3-4-17-15(18)14-8-13(9-21-14)16(19)20/h5-9H,3-4H2,1-2H3,(H,17,18)(H,19,20). The molecule has 0 spiro atoms. The normalized spacial score (nSPS) is 10.4. The number of rotatable bonds is 5. The van der Waals surface area contributed by atoms with Gasteiger partial charge in [0.2, 0.25) is 0 Å². The Morgan fingerprint density at radius 2 is 1.81 bits per heavy atom. The fourth-order valence-electron chi connectivity index (χ4n) is 2.19. The highest BCUT2D eigenvalue weighted by Crippen LogP contribution is 2.10. The van der Waals surface area contributed by atoms with Gasteiger partial charge in [0.1, 0.15) is 6.26 Å². The fraction of sp³-hybridized carbons (Fsp3) is 0.250. The van der Waals surface area contributed by atoms with E-state index in [0.29, 0.717) is 13.0 Å². The molecule has 1 amide bonds. The molecule has 0 atom stereocenters. The molecule has 1 heterocycles. The van der Waals surface area contributed by atoms with E-state index in [9.17, 15) is 9.59 Å². The maximum absolute atomic E-state index is 11.8. The van der Waals surface area contributed by atoms with E-state index in [1.165, 1.54) is 17.2 Å². The summed E-state index contributed by atoms with van der Waals surface area (Å²) in [6, 6.07) is 7.47. The van der Waals surface area contributed by atoms with E-state index in [-0.39, 0.29) is 11.3 Å². The van der Waals surface area contributed by atoms with Gasteiger partial charge in [-0.05, 0) is 25.8 Å². The average Bonchev–Trinajstić information content (AvgIpc) is 2.87. The van der Waals surface area contributed by atoms with Gasteiger partial charge < -0.3 is 14.8 Å². The first-order valence-corrected chi connectivity index (χ1v) is 6.63. The highest BCUT2D eigenvalue weighted by Gasteiger charge is 2.14. The molecular formula is C16H17NO4. The molecule has 0 aliphatic heterocycles. The van der Waals surface area contributed by atoms with E-state index in [2.05, 4.69) is 23.5 Å². The third kappa shape index (κ3) is 3.95. The first kappa shape index (κ1) is 14.8. The molecule has 2 N–H and O–H groups in total. The minimum absolute atomic E-state index is 0.00724. The van der Waals surface area contributed by atoms with Crippen LogP contribution in [0, 0.1) is 13.8 Å². The summed E-state index contributed by atoms with van der Waals surface area (Å²) < 4.78 is 4.94. The molecule has 0 saturated heterocycles. The van der Waals surface area contributed by atoms with Crippen molar-refractivity contribution < 1.29 is 19.1 Å². The van der Waals surface area contributed by atoms with Gasteiger partial charge in [0.05, 0.1) is 5.56 Å². The van der Waals surface area contributed by atoms with Crippen molar-refractivity contribution in [2.24, 2.45) is 0 Å². The summed E-state index contributed by atoms with van der Waals surface area (Å²) in [5, 5.41) is 11.5. The lowest BCUT2D eigenvalue weighted by Gasteiger charge is -2.06. The summed E-state index contributed by atoms with van der Waals surface area (Å²) in [7, 11) is 0. The first-order chi connectivity index (χ1) is 9.95. The van der Waals surface area contributed by atoms with Gasteiger partial charge in [-0.3, -0.25) is 4.79 Å². The zero-order chi connectivity index (χ0) is 15.4. The van der Waals surface area contributed by atoms with E-state index in [4.69, 9.17) is 9.52 Å². The molecule has 0 fully saturated rings. The number of carbonyl (C=O) groups is 2. The Morgan fingerprint density at radius 1 is 1.14 bits per heavy atom. The average molecular weight is 287 g/mol. The van der Waals surface area contributed by atoms with Crippen molar-refractivity contribution >= 4 is 11.9 Å². The summed E-state index contributed by atoms with van der Waals surface area (Å²) >= 11 is 0. The van der Waals surface area contributed by atoms with Crippen LogP contribution in [0.3, 0.4) is 0 Å². The number of nitrogens with one attached hydrogen (secondary N) is 1. The van der Waals surface area contributed by atoms with Crippen LogP contribution in [-0.4, -0.2) is 23.5 Å². The van der Waals surface area contributed by atoms with Gasteiger partial charge >= 0.3 is 5.97 Å². The molecule has 21 heavy (non-hydrogen) atoms. The Balaban J connectivity index is 1.90. The summed E-state index contributed by atoms with van der Waals surface area (Å²) in [6.07, 6.45) is 1.77. The number of carbonyl (C=O) groups excluding carboxylic acids is 1. The molecule has 0 bridgehead atoms. The predicted octanol–water partition coefficient (Wildman–Crippen LogP) is 2.57. The van der Waals surface area contributed by atoms with Crippen LogP contribution in [-0.2, 0) is 6.42 Å². The number of amides is 1. The summed E-state index contributed by atoms with van der Waals surface area (Å²) in [5.74, 6) is -1.52. The van der Waals surface area contributed by atoms with Gasteiger partial charge in [0, 0.05) is 12.6 Å². The molecule has 5 heteroatoms. The van der Waals surface area contributed by atoms with E-state index in [1.807, 2.05) is 13.8 Å². The van der Waals surface area contributed by atoms with Crippen molar-refractivity contribution in [1.29, 1.82) is 0 Å². The SMILES string of the molecule is Cc1cc(C)cc(CCNC(=O)c2cc(C(=O)O)co2)c1. The second-order valence-electron chi connectivity index (χ2n) is 5.01. The summed E-state index contributed by atoms with van der Waals surface area (Å²) in [6.45, 7) is 4.53. The molecule has 0 aliphatic carbocycles. The van der Waals surface area contributed by atoms with E-state index < -0.39 is 11.9 Å². The number of aromatic carboxylic acids is 1. The molecule has 0 radical (unpaired) electrons. The number of furan rings is 1. The highest BCUT2D eigenvalue weighted by molar-refractivity contribution is 5.95. The van der Waals surface area contributed by atoms with Crippen LogP contribution in [0.4, 0.5) is 0 Å². The van der Waals surface area contributed by atoms with Crippen molar-refractivity contribution in [3.8, 4) is 0 Å². The van der Waals surface area contributed by atoms with Gasteiger partial charge in [-0.15, -0.1) is 0 Å². The monoisotopic (exact) mass is 287 g/mol. The van der Waals surface area contributed by atoms with Crippen molar-refractivity contribution in [3.63, 3.8) is 0 Å². The smallest absolute Gasteiger partial charge is 0.338 e. The fourth-order valence-corrected chi connectivity index (χ4v) is 2.19. The Kier molecular flexibility index (Phi) is 4.42. The molecule has 1 aromatic carbocycles. The van der Waals surface area contributed by atoms with Crippen LogP contribution in [0.1, 0.15) is 37.6 Å². The summed E-state index contributed by atoms with van der Waals surface area (Å²) in [4.78, 5) is 22.5. The van der Waals surface area contributed by atoms with Gasteiger partial charge in [0.15, 0.2) is 5.76 Å². The quantitative estimate of drug-likeness (QED) is 0.885. The molecule has 0 aliphatic rings. The zero-order valence-corrected chi connectivity index (χ0v) is 12.0. The Bertz CT molecular complexity index is 652. The minimum atomic E-state index is -1.12. The third-order valence-electron chi connectivity index (χ3n) is 3.05. The van der Waals surface area contributed by atoms with Crippen LogP contribution < -0.4 is 5.32 Å². The maximum atomic E-state index is 11.8. The van der Waals surface area contributed by atoms with Crippen LogP contribution >= 0.6 is 0 Å². The lowest BCUT2D eigenvalue weighted by molar-refractivity contribution is 0.0696. The first-order valence-electron chi connectivity index (χ1n) is 6.63. The topological polar surface area (TPSA) is 79.5 Å². The lowest BCUT2D eigenvalue weighted by atomic mass is 10.1. The number of hydrogen-bond donors (Lipinski definition) is 2. The molecule has 0 saturated carbocycles. The van der Waals surface area contributed by atoms with Crippen molar-refractivity contribution in [2.75, 3.05) is 6.54 Å². The van der Waals surface area contributed by atoms with Crippen molar-refractivity contribution in [1.82, 2.24) is 5.32 Å². The van der Waals surface area contributed by atoms with Crippen LogP contribution in [0.5, 0.6) is 0 Å². The largest absolute Gasteiger partial charge is 0.478 e. The highest BCUT2D eigenvalue weighted by atomic mass is 16.4. The molecule has 5 nitrogen and oxygen atoms in total. The second-order valence-corrected chi connectivity index (χ2v) is 5.01. The van der Waals surface area contributed by atoms with E-state index >= 15 is 0 Å². The van der Waals surface area contributed by atoms with Crippen molar-refractivity contribution in [3.05, 3.63) is 58.5 Å². The molecular weight excluding hydrogens is 270 g/mol. The molecule has 0 unspecified atom stereocenters.